The summed E-state index contributed by atoms with van der Waals surface area (Å²) in [6.07, 6.45) is 10.4. The summed E-state index contributed by atoms with van der Waals surface area (Å²) >= 11 is 0. The van der Waals surface area contributed by atoms with Crippen molar-refractivity contribution in [2.24, 2.45) is 0 Å². The fourth-order valence-electron chi connectivity index (χ4n) is 2.17. The highest BCUT2D eigenvalue weighted by atomic mass is 16.5. The summed E-state index contributed by atoms with van der Waals surface area (Å²) in [4.78, 5) is 0. The van der Waals surface area contributed by atoms with Gasteiger partial charge >= 0.3 is 0 Å². The van der Waals surface area contributed by atoms with Gasteiger partial charge < -0.3 is 9.84 Å². The van der Waals surface area contributed by atoms with E-state index in [4.69, 9.17) is 4.74 Å². The fourth-order valence-corrected chi connectivity index (χ4v) is 2.17. The molecule has 0 aliphatic carbocycles. The average Bonchev–Trinajstić information content (AvgIpc) is 2.41. The van der Waals surface area contributed by atoms with Crippen LogP contribution in [0.25, 0.3) is 0 Å². The molecule has 0 aliphatic rings. The molecule has 0 bridgehead atoms. The van der Waals surface area contributed by atoms with Crippen molar-refractivity contribution in [3.8, 4) is 11.5 Å². The van der Waals surface area contributed by atoms with Gasteiger partial charge in [0.2, 0.25) is 0 Å². The molecule has 108 valence electrons. The number of phenols is 1. The zero-order valence-electron chi connectivity index (χ0n) is 12.5. The molecule has 1 N–H and O–H groups in total. The number of aromatic hydroxyl groups is 1. The van der Waals surface area contributed by atoms with Gasteiger partial charge in [0.1, 0.15) is 0 Å². The van der Waals surface area contributed by atoms with Gasteiger partial charge in [-0.3, -0.25) is 0 Å². The molecular weight excluding hydrogens is 236 g/mol. The van der Waals surface area contributed by atoms with E-state index in [-0.39, 0.29) is 5.75 Å². The third-order valence-electron chi connectivity index (χ3n) is 3.46. The monoisotopic (exact) mass is 264 g/mol. The third-order valence-corrected chi connectivity index (χ3v) is 3.46. The zero-order valence-corrected chi connectivity index (χ0v) is 12.5. The molecule has 1 rings (SSSR count). The molecule has 0 saturated heterocycles. The summed E-state index contributed by atoms with van der Waals surface area (Å²) in [6, 6.07) is 5.63. The Morgan fingerprint density at radius 3 is 2.26 bits per heavy atom. The summed E-state index contributed by atoms with van der Waals surface area (Å²) in [6.45, 7) is 4.84. The lowest BCUT2D eigenvalue weighted by molar-refractivity contribution is 0.288. The summed E-state index contributed by atoms with van der Waals surface area (Å²) in [5, 5.41) is 9.80. The Hall–Kier alpha value is -1.18. The highest BCUT2D eigenvalue weighted by molar-refractivity contribution is 5.44. The minimum atomic E-state index is 0.280. The summed E-state index contributed by atoms with van der Waals surface area (Å²) in [7, 11) is 0. The number of unbranched alkanes of at least 4 members (excludes halogenated alkanes) is 7. The van der Waals surface area contributed by atoms with Gasteiger partial charge in [-0.15, -0.1) is 0 Å². The van der Waals surface area contributed by atoms with Crippen molar-refractivity contribution in [1.29, 1.82) is 0 Å². The van der Waals surface area contributed by atoms with Crippen molar-refractivity contribution in [3.63, 3.8) is 0 Å². The Morgan fingerprint density at radius 2 is 1.58 bits per heavy atom. The van der Waals surface area contributed by atoms with E-state index in [0.717, 1.165) is 12.0 Å². The molecule has 0 spiro atoms. The second-order valence-electron chi connectivity index (χ2n) is 5.24. The Labute approximate surface area is 117 Å². The van der Waals surface area contributed by atoms with E-state index in [1.54, 1.807) is 0 Å². The van der Waals surface area contributed by atoms with Crippen LogP contribution >= 0.6 is 0 Å². The molecule has 0 aliphatic heterocycles. The number of hydrogen-bond acceptors (Lipinski definition) is 2. The molecule has 0 radical (unpaired) electrons. The van der Waals surface area contributed by atoms with Crippen LogP contribution in [0.5, 0.6) is 11.5 Å². The molecule has 0 atom stereocenters. The normalized spacial score (nSPS) is 10.6. The Kier molecular flexibility index (Phi) is 8.11. The van der Waals surface area contributed by atoms with E-state index >= 15 is 0 Å². The highest BCUT2D eigenvalue weighted by Crippen LogP contribution is 2.28. The lowest BCUT2D eigenvalue weighted by atomic mass is 10.1. The van der Waals surface area contributed by atoms with E-state index in [9.17, 15) is 5.11 Å². The van der Waals surface area contributed by atoms with Gasteiger partial charge in [0.15, 0.2) is 11.5 Å². The standard InChI is InChI=1S/C17H28O2/c1-3-4-5-6-7-8-9-10-14-19-16-13-11-12-15(2)17(16)18/h11-13,18H,3-10,14H2,1-2H3. The lowest BCUT2D eigenvalue weighted by Crippen LogP contribution is -1.98. The number of benzene rings is 1. The van der Waals surface area contributed by atoms with Crippen LogP contribution in [-0.2, 0) is 0 Å². The second-order valence-corrected chi connectivity index (χ2v) is 5.24. The van der Waals surface area contributed by atoms with Crippen LogP contribution in [-0.4, -0.2) is 11.7 Å². The lowest BCUT2D eigenvalue weighted by Gasteiger charge is -2.09. The Bertz CT molecular complexity index is 347. The van der Waals surface area contributed by atoms with Crippen molar-refractivity contribution in [3.05, 3.63) is 23.8 Å². The SMILES string of the molecule is CCCCCCCCCCOc1cccc(C)c1O. The van der Waals surface area contributed by atoms with Gasteiger partial charge in [-0.05, 0) is 25.0 Å². The highest BCUT2D eigenvalue weighted by Gasteiger charge is 2.03. The van der Waals surface area contributed by atoms with Gasteiger partial charge in [0.05, 0.1) is 6.61 Å². The van der Waals surface area contributed by atoms with Gasteiger partial charge in [-0.2, -0.15) is 0 Å². The Balaban J connectivity index is 2.03. The zero-order chi connectivity index (χ0) is 13.9. The van der Waals surface area contributed by atoms with Crippen LogP contribution in [0.2, 0.25) is 0 Å². The largest absolute Gasteiger partial charge is 0.504 e. The maximum absolute atomic E-state index is 9.80. The van der Waals surface area contributed by atoms with Crippen LogP contribution in [0.15, 0.2) is 18.2 Å². The topological polar surface area (TPSA) is 29.5 Å². The van der Waals surface area contributed by atoms with Gasteiger partial charge in [-0.1, -0.05) is 64.0 Å². The molecule has 1 aromatic rings. The minimum Gasteiger partial charge on any atom is -0.504 e. The van der Waals surface area contributed by atoms with Crippen molar-refractivity contribution >= 4 is 0 Å². The molecule has 0 amide bonds. The van der Waals surface area contributed by atoms with E-state index in [1.807, 2.05) is 25.1 Å². The molecule has 0 aromatic heterocycles. The van der Waals surface area contributed by atoms with E-state index in [1.165, 1.54) is 44.9 Å². The quantitative estimate of drug-likeness (QED) is 0.587. The maximum Gasteiger partial charge on any atom is 0.161 e. The molecule has 1 aromatic carbocycles. The number of para-hydroxylation sites is 1. The molecule has 19 heavy (non-hydrogen) atoms. The predicted octanol–water partition coefficient (Wildman–Crippen LogP) is 5.22. The fraction of sp³-hybridized carbons (Fsp3) is 0.647. The Morgan fingerprint density at radius 1 is 0.947 bits per heavy atom. The minimum absolute atomic E-state index is 0.280. The number of aryl methyl sites for hydroxylation is 1. The summed E-state index contributed by atoms with van der Waals surface area (Å²) in [5.74, 6) is 0.894. The first-order chi connectivity index (χ1) is 9.25. The molecule has 2 heteroatoms. The third kappa shape index (κ3) is 6.51. The predicted molar refractivity (Wildman–Crippen MR) is 80.9 cm³/mol. The van der Waals surface area contributed by atoms with E-state index < -0.39 is 0 Å². The number of rotatable bonds is 10. The first-order valence-corrected chi connectivity index (χ1v) is 7.67. The smallest absolute Gasteiger partial charge is 0.161 e. The maximum atomic E-state index is 9.80. The van der Waals surface area contributed by atoms with E-state index in [2.05, 4.69) is 6.92 Å². The van der Waals surface area contributed by atoms with Gasteiger partial charge in [0, 0.05) is 0 Å². The molecule has 0 fully saturated rings. The second kappa shape index (κ2) is 9.71. The van der Waals surface area contributed by atoms with Crippen molar-refractivity contribution in [2.45, 2.75) is 65.2 Å². The molecule has 0 unspecified atom stereocenters. The van der Waals surface area contributed by atoms with Crippen LogP contribution in [0.4, 0.5) is 0 Å². The molecule has 0 heterocycles. The molecule has 2 nitrogen and oxygen atoms in total. The van der Waals surface area contributed by atoms with Crippen LogP contribution in [0, 0.1) is 6.92 Å². The van der Waals surface area contributed by atoms with E-state index in [0.29, 0.717) is 12.4 Å². The average molecular weight is 264 g/mol. The van der Waals surface area contributed by atoms with Gasteiger partial charge in [-0.25, -0.2) is 0 Å². The van der Waals surface area contributed by atoms with Crippen molar-refractivity contribution in [1.82, 2.24) is 0 Å². The first-order valence-electron chi connectivity index (χ1n) is 7.67. The first kappa shape index (κ1) is 15.9. The number of ether oxygens (including phenoxy) is 1. The molecule has 0 saturated carbocycles. The number of hydrogen-bond donors (Lipinski definition) is 1. The van der Waals surface area contributed by atoms with Gasteiger partial charge in [0.25, 0.3) is 0 Å². The summed E-state index contributed by atoms with van der Waals surface area (Å²) < 4.78 is 5.61. The van der Waals surface area contributed by atoms with Crippen LogP contribution in [0.1, 0.15) is 63.9 Å². The molecular formula is C17H28O2. The van der Waals surface area contributed by atoms with Crippen molar-refractivity contribution in [2.75, 3.05) is 6.61 Å². The van der Waals surface area contributed by atoms with Crippen LogP contribution in [0.3, 0.4) is 0 Å². The number of phenolic OH excluding ortho intramolecular Hbond substituents is 1. The summed E-state index contributed by atoms with van der Waals surface area (Å²) in [5.41, 5.74) is 0.869. The van der Waals surface area contributed by atoms with Crippen molar-refractivity contribution < 1.29 is 9.84 Å². The van der Waals surface area contributed by atoms with Crippen LogP contribution < -0.4 is 4.74 Å².